The number of hydrogen-bond acceptors (Lipinski definition) is 5. The first-order valence-corrected chi connectivity index (χ1v) is 11.0. The smallest absolute Gasteiger partial charge is 0.416 e. The Kier molecular flexibility index (Phi) is 6.50. The van der Waals surface area contributed by atoms with E-state index in [1.807, 2.05) is 0 Å². The summed E-state index contributed by atoms with van der Waals surface area (Å²) < 4.78 is 52.4. The Balaban J connectivity index is 1.57. The number of nitrogens with one attached hydrogen (secondary N) is 2. The van der Waals surface area contributed by atoms with Gasteiger partial charge in [-0.15, -0.1) is 0 Å². The fourth-order valence-electron chi connectivity index (χ4n) is 4.24. The van der Waals surface area contributed by atoms with Gasteiger partial charge < -0.3 is 19.9 Å². The van der Waals surface area contributed by atoms with Crippen LogP contribution in [-0.4, -0.2) is 33.9 Å². The lowest BCUT2D eigenvalue weighted by Gasteiger charge is -2.23. The highest BCUT2D eigenvalue weighted by atomic mass is 19.4. The summed E-state index contributed by atoms with van der Waals surface area (Å²) >= 11 is 0. The summed E-state index contributed by atoms with van der Waals surface area (Å²) in [5, 5.41) is 19.5. The van der Waals surface area contributed by atoms with Crippen LogP contribution in [0.25, 0.3) is 0 Å². The zero-order valence-corrected chi connectivity index (χ0v) is 19.5. The number of anilines is 1. The Morgan fingerprint density at radius 3 is 2.60 bits per heavy atom. The number of rotatable bonds is 7. The van der Waals surface area contributed by atoms with Crippen molar-refractivity contribution >= 4 is 11.7 Å². The van der Waals surface area contributed by atoms with Crippen LogP contribution in [-0.2, 0) is 24.0 Å². The number of carbonyl (C=O) groups excluding carboxylic acids is 1. The molecule has 1 atom stereocenters. The number of ether oxygens (including phenoxy) is 2. The van der Waals surface area contributed by atoms with Gasteiger partial charge in [-0.3, -0.25) is 9.89 Å². The van der Waals surface area contributed by atoms with Crippen LogP contribution in [0.2, 0.25) is 0 Å². The lowest BCUT2D eigenvalue weighted by molar-refractivity contribution is -0.138. The molecule has 4 rings (SSSR count). The molecule has 0 fully saturated rings. The third kappa shape index (κ3) is 5.59. The largest absolute Gasteiger partial charge is 0.493 e. The topological polar surface area (TPSA) is 96.5 Å². The highest BCUT2D eigenvalue weighted by Crippen LogP contribution is 2.40. The van der Waals surface area contributed by atoms with E-state index in [0.717, 1.165) is 17.2 Å². The molecule has 1 amide bonds. The first kappa shape index (κ1) is 24.6. The van der Waals surface area contributed by atoms with Gasteiger partial charge in [-0.1, -0.05) is 18.2 Å². The first-order valence-electron chi connectivity index (χ1n) is 11.0. The monoisotopic (exact) mass is 489 g/mol. The summed E-state index contributed by atoms with van der Waals surface area (Å²) in [5.74, 6) is 0.670. The van der Waals surface area contributed by atoms with Crippen molar-refractivity contribution in [3.05, 3.63) is 70.4 Å². The minimum Gasteiger partial charge on any atom is -0.493 e. The minimum absolute atomic E-state index is 0.0323. The number of methoxy groups -OCH3 is 1. The summed E-state index contributed by atoms with van der Waals surface area (Å²) in [6.07, 6.45) is -2.55. The maximum absolute atomic E-state index is 13.7. The van der Waals surface area contributed by atoms with E-state index in [4.69, 9.17) is 9.47 Å². The molecule has 0 bridgehead atoms. The molecule has 3 N–H and O–H groups in total. The van der Waals surface area contributed by atoms with Gasteiger partial charge >= 0.3 is 6.18 Å². The summed E-state index contributed by atoms with van der Waals surface area (Å²) in [7, 11) is 1.44. The summed E-state index contributed by atoms with van der Waals surface area (Å²) in [4.78, 5) is 12.1. The number of carbonyl (C=O) groups is 1. The van der Waals surface area contributed by atoms with Crippen molar-refractivity contribution in [2.45, 2.75) is 51.0 Å². The Hall–Kier alpha value is -3.53. The van der Waals surface area contributed by atoms with Crippen LogP contribution in [0.1, 0.15) is 54.0 Å². The van der Waals surface area contributed by atoms with Crippen LogP contribution < -0.4 is 14.8 Å². The van der Waals surface area contributed by atoms with Gasteiger partial charge in [0.05, 0.1) is 18.3 Å². The standard InChI is InChI=1S/C25H26F3N3O4/c1-24(2,33)11-14-4-5-16(19(8-14)25(26,27)28)13-35-20-7-6-15(9-21(20)34-3)17-10-22(32)30-23-18(17)12-29-31-23/h4-9,12,17,33H,10-11,13H2,1-3H3,(H2,29,30,31,32). The molecule has 2 aromatic carbocycles. The normalized spacial score (nSPS) is 16.0. The highest BCUT2D eigenvalue weighted by Gasteiger charge is 2.34. The molecule has 1 aliphatic heterocycles. The van der Waals surface area contributed by atoms with E-state index in [0.29, 0.717) is 17.1 Å². The van der Waals surface area contributed by atoms with E-state index in [2.05, 4.69) is 15.5 Å². The van der Waals surface area contributed by atoms with E-state index in [1.165, 1.54) is 13.2 Å². The lowest BCUT2D eigenvalue weighted by Crippen LogP contribution is -2.23. The summed E-state index contributed by atoms with van der Waals surface area (Å²) in [6, 6.07) is 9.07. The van der Waals surface area contributed by atoms with Crippen LogP contribution in [0.5, 0.6) is 11.5 Å². The van der Waals surface area contributed by atoms with Gasteiger partial charge in [0.2, 0.25) is 5.91 Å². The number of benzene rings is 2. The number of alkyl halides is 3. The first-order chi connectivity index (χ1) is 16.4. The molecule has 2 heterocycles. The van der Waals surface area contributed by atoms with Gasteiger partial charge in [-0.2, -0.15) is 18.3 Å². The molecule has 0 aliphatic carbocycles. The number of fused-ring (bicyclic) bond motifs is 1. The van der Waals surface area contributed by atoms with Gasteiger partial charge in [0.25, 0.3) is 0 Å². The number of hydrogen-bond donors (Lipinski definition) is 3. The van der Waals surface area contributed by atoms with E-state index in [-0.39, 0.29) is 42.6 Å². The zero-order valence-electron chi connectivity index (χ0n) is 19.5. The van der Waals surface area contributed by atoms with E-state index >= 15 is 0 Å². The molecule has 3 aromatic rings. The summed E-state index contributed by atoms with van der Waals surface area (Å²) in [6.45, 7) is 2.76. The predicted octanol–water partition coefficient (Wildman–Crippen LogP) is 4.80. The Labute approximate surface area is 200 Å². The number of halogens is 3. The van der Waals surface area contributed by atoms with Crippen molar-refractivity contribution < 1.29 is 32.5 Å². The quantitative estimate of drug-likeness (QED) is 0.443. The van der Waals surface area contributed by atoms with E-state index in [9.17, 15) is 23.1 Å². The second kappa shape index (κ2) is 9.26. The van der Waals surface area contributed by atoms with Crippen molar-refractivity contribution in [3.8, 4) is 11.5 Å². The third-order valence-electron chi connectivity index (χ3n) is 5.78. The number of H-pyrrole nitrogens is 1. The highest BCUT2D eigenvalue weighted by molar-refractivity contribution is 5.94. The van der Waals surface area contributed by atoms with Crippen LogP contribution >= 0.6 is 0 Å². The number of aromatic nitrogens is 2. The predicted molar refractivity (Wildman–Crippen MR) is 122 cm³/mol. The second-order valence-electron chi connectivity index (χ2n) is 9.17. The van der Waals surface area contributed by atoms with Gasteiger partial charge in [0.1, 0.15) is 6.61 Å². The molecule has 1 aliphatic rings. The molecule has 0 saturated heterocycles. The SMILES string of the molecule is COc1cc(C2CC(=O)Nc3n[nH]cc32)ccc1OCc1ccc(CC(C)(C)O)cc1C(F)(F)F. The van der Waals surface area contributed by atoms with Crippen LogP contribution in [0.4, 0.5) is 19.0 Å². The van der Waals surface area contributed by atoms with Crippen molar-refractivity contribution in [3.63, 3.8) is 0 Å². The van der Waals surface area contributed by atoms with Crippen molar-refractivity contribution in [2.75, 3.05) is 12.4 Å². The molecule has 10 heteroatoms. The average molecular weight is 489 g/mol. The van der Waals surface area contributed by atoms with E-state index < -0.39 is 17.3 Å². The van der Waals surface area contributed by atoms with Gasteiger partial charge in [-0.25, -0.2) is 0 Å². The molecule has 1 aromatic heterocycles. The fourth-order valence-corrected chi connectivity index (χ4v) is 4.24. The molecule has 35 heavy (non-hydrogen) atoms. The molecule has 186 valence electrons. The second-order valence-corrected chi connectivity index (χ2v) is 9.17. The molecule has 0 radical (unpaired) electrons. The minimum atomic E-state index is -4.58. The van der Waals surface area contributed by atoms with Crippen LogP contribution in [0.15, 0.2) is 42.6 Å². The van der Waals surface area contributed by atoms with Gasteiger partial charge in [-0.05, 0) is 43.2 Å². The molecule has 7 nitrogen and oxygen atoms in total. The fraction of sp³-hybridized carbons (Fsp3) is 0.360. The van der Waals surface area contributed by atoms with Crippen molar-refractivity contribution in [2.24, 2.45) is 0 Å². The van der Waals surface area contributed by atoms with Gasteiger partial charge in [0.15, 0.2) is 17.3 Å². The van der Waals surface area contributed by atoms with Crippen LogP contribution in [0, 0.1) is 0 Å². The third-order valence-corrected chi connectivity index (χ3v) is 5.78. The van der Waals surface area contributed by atoms with Gasteiger partial charge in [0, 0.05) is 36.1 Å². The Morgan fingerprint density at radius 1 is 1.14 bits per heavy atom. The molecule has 1 unspecified atom stereocenters. The molecular weight excluding hydrogens is 463 g/mol. The zero-order chi connectivity index (χ0) is 25.4. The maximum Gasteiger partial charge on any atom is 0.416 e. The number of aromatic amines is 1. The van der Waals surface area contributed by atoms with Crippen LogP contribution in [0.3, 0.4) is 0 Å². The number of nitrogens with zero attached hydrogens (tertiary/aromatic N) is 1. The van der Waals surface area contributed by atoms with Crippen molar-refractivity contribution in [1.82, 2.24) is 10.2 Å². The van der Waals surface area contributed by atoms with E-state index in [1.54, 1.807) is 44.3 Å². The number of amides is 1. The average Bonchev–Trinajstić information content (AvgIpc) is 3.24. The Morgan fingerprint density at radius 2 is 1.91 bits per heavy atom. The molecular formula is C25H26F3N3O4. The maximum atomic E-state index is 13.7. The molecule has 0 spiro atoms. The van der Waals surface area contributed by atoms with Crippen molar-refractivity contribution in [1.29, 1.82) is 0 Å². The Bertz CT molecular complexity index is 1230. The number of aliphatic hydroxyl groups is 1. The molecule has 0 saturated carbocycles. The summed E-state index contributed by atoms with van der Waals surface area (Å²) in [5.41, 5.74) is 0.0305. The lowest BCUT2D eigenvalue weighted by atomic mass is 9.87.